The van der Waals surface area contributed by atoms with E-state index in [1.807, 2.05) is 12.1 Å². The Balaban J connectivity index is 0.00000128. The first-order valence-corrected chi connectivity index (χ1v) is 5.78. The molecule has 0 saturated heterocycles. The molecule has 0 N–H and O–H groups in total. The maximum atomic E-state index is 5.13. The van der Waals surface area contributed by atoms with Crippen molar-refractivity contribution in [1.82, 2.24) is 0 Å². The van der Waals surface area contributed by atoms with Crippen LogP contribution in [0, 0.1) is 3.57 Å². The highest BCUT2D eigenvalue weighted by atomic mass is 127. The molecule has 1 nitrogen and oxygen atoms in total. The first-order valence-electron chi connectivity index (χ1n) is 4.70. The minimum atomic E-state index is 0. The van der Waals surface area contributed by atoms with E-state index in [-0.39, 0.29) is 12.4 Å². The van der Waals surface area contributed by atoms with Gasteiger partial charge in [0, 0.05) is 3.57 Å². The average Bonchev–Trinajstić information content (AvgIpc) is 2.30. The van der Waals surface area contributed by atoms with Crippen molar-refractivity contribution in [2.45, 2.75) is 0 Å². The quantitative estimate of drug-likeness (QED) is 0.733. The molecule has 16 heavy (non-hydrogen) atoms. The molecular formula is C13H12ClIO. The van der Waals surface area contributed by atoms with Gasteiger partial charge in [-0.25, -0.2) is 0 Å². The molecule has 3 heteroatoms. The minimum Gasteiger partial charge on any atom is -0.497 e. The van der Waals surface area contributed by atoms with Crippen LogP contribution in [0.25, 0.3) is 11.1 Å². The minimum absolute atomic E-state index is 0. The van der Waals surface area contributed by atoms with Crippen LogP contribution in [-0.2, 0) is 0 Å². The molecule has 0 fully saturated rings. The fraction of sp³-hybridized carbons (Fsp3) is 0.0769. The molecule has 0 radical (unpaired) electrons. The van der Waals surface area contributed by atoms with Crippen LogP contribution in [0.2, 0.25) is 0 Å². The molecule has 0 aliphatic rings. The number of rotatable bonds is 2. The lowest BCUT2D eigenvalue weighted by Crippen LogP contribution is -1.84. The fourth-order valence-corrected chi connectivity index (χ4v) is 2.16. The number of benzene rings is 2. The number of hydrogen-bond donors (Lipinski definition) is 0. The lowest BCUT2D eigenvalue weighted by Gasteiger charge is -2.05. The second kappa shape index (κ2) is 6.11. The van der Waals surface area contributed by atoms with Crippen molar-refractivity contribution >= 4 is 35.0 Å². The maximum absolute atomic E-state index is 5.13. The van der Waals surface area contributed by atoms with Crippen molar-refractivity contribution in [2.75, 3.05) is 7.11 Å². The van der Waals surface area contributed by atoms with Gasteiger partial charge >= 0.3 is 0 Å². The highest BCUT2D eigenvalue weighted by Gasteiger charge is 2.01. The van der Waals surface area contributed by atoms with E-state index in [1.54, 1.807) is 7.11 Å². The Morgan fingerprint density at radius 3 is 2.12 bits per heavy atom. The summed E-state index contributed by atoms with van der Waals surface area (Å²) in [6.07, 6.45) is 0. The van der Waals surface area contributed by atoms with Gasteiger partial charge in [0.15, 0.2) is 0 Å². The summed E-state index contributed by atoms with van der Waals surface area (Å²) in [5.41, 5.74) is 2.49. The van der Waals surface area contributed by atoms with Gasteiger partial charge in [-0.2, -0.15) is 0 Å². The third-order valence-corrected chi connectivity index (χ3v) is 3.22. The Morgan fingerprint density at radius 1 is 0.938 bits per heavy atom. The van der Waals surface area contributed by atoms with Gasteiger partial charge in [0.2, 0.25) is 0 Å². The number of ether oxygens (including phenoxy) is 1. The van der Waals surface area contributed by atoms with Crippen LogP contribution < -0.4 is 4.74 Å². The number of hydrogen-bond acceptors (Lipinski definition) is 1. The van der Waals surface area contributed by atoms with Crippen LogP contribution >= 0.6 is 35.0 Å². The van der Waals surface area contributed by atoms with E-state index in [2.05, 4.69) is 59.0 Å². The van der Waals surface area contributed by atoms with Crippen molar-refractivity contribution in [3.8, 4) is 16.9 Å². The van der Waals surface area contributed by atoms with Crippen LogP contribution in [0.15, 0.2) is 48.5 Å². The third kappa shape index (κ3) is 2.89. The zero-order valence-corrected chi connectivity index (χ0v) is 11.8. The van der Waals surface area contributed by atoms with Crippen molar-refractivity contribution in [2.24, 2.45) is 0 Å². The Bertz CT molecular complexity index is 454. The zero-order valence-electron chi connectivity index (χ0n) is 8.81. The summed E-state index contributed by atoms with van der Waals surface area (Å²) in [4.78, 5) is 0. The van der Waals surface area contributed by atoms with Crippen molar-refractivity contribution in [3.05, 3.63) is 52.1 Å². The summed E-state index contributed by atoms with van der Waals surface area (Å²) in [6, 6.07) is 16.5. The summed E-state index contributed by atoms with van der Waals surface area (Å²) in [6.45, 7) is 0. The predicted octanol–water partition coefficient (Wildman–Crippen LogP) is 4.39. The average molecular weight is 347 g/mol. The molecule has 0 aromatic heterocycles. The first-order chi connectivity index (χ1) is 7.31. The first kappa shape index (κ1) is 13.3. The second-order valence-corrected chi connectivity index (χ2v) is 4.37. The van der Waals surface area contributed by atoms with Gasteiger partial charge in [0.25, 0.3) is 0 Å². The molecule has 2 rings (SSSR count). The van der Waals surface area contributed by atoms with E-state index < -0.39 is 0 Å². The molecule has 0 heterocycles. The van der Waals surface area contributed by atoms with E-state index in [9.17, 15) is 0 Å². The van der Waals surface area contributed by atoms with Gasteiger partial charge < -0.3 is 4.74 Å². The molecule has 0 unspecified atom stereocenters. The van der Waals surface area contributed by atoms with Gasteiger partial charge in [-0.05, 0) is 51.9 Å². The van der Waals surface area contributed by atoms with Crippen LogP contribution in [0.3, 0.4) is 0 Å². The highest BCUT2D eigenvalue weighted by Crippen LogP contribution is 2.26. The molecule has 0 aliphatic heterocycles. The Hall–Kier alpha value is -0.740. The zero-order chi connectivity index (χ0) is 10.7. The molecular weight excluding hydrogens is 334 g/mol. The summed E-state index contributed by atoms with van der Waals surface area (Å²) >= 11 is 2.35. The van der Waals surface area contributed by atoms with Gasteiger partial charge in [0.1, 0.15) is 5.75 Å². The van der Waals surface area contributed by atoms with Crippen molar-refractivity contribution in [3.63, 3.8) is 0 Å². The predicted molar refractivity (Wildman–Crippen MR) is 78.4 cm³/mol. The topological polar surface area (TPSA) is 9.23 Å². The van der Waals surface area contributed by atoms with E-state index in [0.29, 0.717) is 0 Å². The lowest BCUT2D eigenvalue weighted by molar-refractivity contribution is 0.415. The molecule has 0 amide bonds. The van der Waals surface area contributed by atoms with Crippen LogP contribution in [0.1, 0.15) is 0 Å². The Kier molecular flexibility index (Phi) is 5.09. The fourth-order valence-electron chi connectivity index (χ4n) is 1.47. The highest BCUT2D eigenvalue weighted by molar-refractivity contribution is 14.1. The standard InChI is InChI=1S/C13H11IO.ClH/c1-15-11-8-6-10(7-9-11)12-4-2-3-5-13(12)14;/h2-9H,1H3;1H. The molecule has 0 aliphatic carbocycles. The number of halogens is 2. The van der Waals surface area contributed by atoms with Gasteiger partial charge in [-0.15, -0.1) is 12.4 Å². The summed E-state index contributed by atoms with van der Waals surface area (Å²) in [5.74, 6) is 0.893. The summed E-state index contributed by atoms with van der Waals surface area (Å²) in [7, 11) is 1.68. The third-order valence-electron chi connectivity index (χ3n) is 2.27. The molecule has 2 aromatic carbocycles. The summed E-state index contributed by atoms with van der Waals surface area (Å²) in [5, 5.41) is 0. The molecule has 84 valence electrons. The van der Waals surface area contributed by atoms with Gasteiger partial charge in [-0.1, -0.05) is 30.3 Å². The van der Waals surface area contributed by atoms with Crippen LogP contribution in [-0.4, -0.2) is 7.11 Å². The summed E-state index contributed by atoms with van der Waals surface area (Å²) < 4.78 is 6.40. The maximum Gasteiger partial charge on any atom is 0.118 e. The Morgan fingerprint density at radius 2 is 1.56 bits per heavy atom. The van der Waals surface area contributed by atoms with E-state index in [4.69, 9.17) is 4.74 Å². The van der Waals surface area contributed by atoms with E-state index in [1.165, 1.54) is 14.7 Å². The van der Waals surface area contributed by atoms with E-state index in [0.717, 1.165) is 5.75 Å². The molecule has 2 aromatic rings. The van der Waals surface area contributed by atoms with Crippen molar-refractivity contribution < 1.29 is 4.74 Å². The lowest BCUT2D eigenvalue weighted by atomic mass is 10.1. The normalized spacial score (nSPS) is 9.38. The molecule has 0 spiro atoms. The second-order valence-electron chi connectivity index (χ2n) is 3.21. The van der Waals surface area contributed by atoms with Crippen molar-refractivity contribution in [1.29, 1.82) is 0 Å². The molecule has 0 saturated carbocycles. The van der Waals surface area contributed by atoms with Gasteiger partial charge in [-0.3, -0.25) is 0 Å². The van der Waals surface area contributed by atoms with E-state index >= 15 is 0 Å². The monoisotopic (exact) mass is 346 g/mol. The van der Waals surface area contributed by atoms with Crippen LogP contribution in [0.4, 0.5) is 0 Å². The Labute approximate surface area is 115 Å². The number of methoxy groups -OCH3 is 1. The van der Waals surface area contributed by atoms with Gasteiger partial charge in [0.05, 0.1) is 7.11 Å². The smallest absolute Gasteiger partial charge is 0.118 e. The largest absolute Gasteiger partial charge is 0.497 e. The molecule has 0 atom stereocenters. The van der Waals surface area contributed by atoms with Crippen LogP contribution in [0.5, 0.6) is 5.75 Å². The SMILES string of the molecule is COc1ccc(-c2ccccc2I)cc1.Cl. The molecule has 0 bridgehead atoms.